The molecule has 13 heteroatoms. The highest BCUT2D eigenvalue weighted by Gasteiger charge is 2.27. The number of benzene rings is 2. The summed E-state index contributed by atoms with van der Waals surface area (Å²) in [6.07, 6.45) is 8.24. The maximum absolute atomic E-state index is 12.5. The highest BCUT2D eigenvalue weighted by Crippen LogP contribution is 2.31. The third kappa shape index (κ3) is 11.3. The minimum Gasteiger partial charge on any atom is -0.497 e. The summed E-state index contributed by atoms with van der Waals surface area (Å²) >= 11 is 0. The number of nitrogens with one attached hydrogen (secondary N) is 3. The fourth-order valence-corrected chi connectivity index (χ4v) is 6.39. The highest BCUT2D eigenvalue weighted by atomic mass is 16.6. The molecule has 1 heterocycles. The summed E-state index contributed by atoms with van der Waals surface area (Å²) in [6.45, 7) is 7.76. The van der Waals surface area contributed by atoms with Gasteiger partial charge in [0.25, 0.3) is 5.56 Å². The van der Waals surface area contributed by atoms with Gasteiger partial charge in [-0.3, -0.25) is 9.59 Å². The van der Waals surface area contributed by atoms with Crippen molar-refractivity contribution in [1.29, 1.82) is 0 Å². The average molecular weight is 695 g/mol. The van der Waals surface area contributed by atoms with Crippen LogP contribution in [0, 0.1) is 0 Å². The third-order valence-electron chi connectivity index (χ3n) is 8.90. The van der Waals surface area contributed by atoms with Crippen LogP contribution in [0.2, 0.25) is 0 Å². The van der Waals surface area contributed by atoms with E-state index in [-0.39, 0.29) is 36.8 Å². The number of nitrogens with two attached hydrogens (primary N) is 1. The molecule has 50 heavy (non-hydrogen) atoms. The van der Waals surface area contributed by atoms with E-state index in [0.717, 1.165) is 85.1 Å². The Morgan fingerprint density at radius 3 is 2.32 bits per heavy atom. The molecule has 3 aromatic rings. The molecule has 5 rings (SSSR count). The summed E-state index contributed by atoms with van der Waals surface area (Å²) in [7, 11) is 1.64. The molecule has 0 aliphatic heterocycles. The number of fused-ring (bicyclic) bond motifs is 1. The van der Waals surface area contributed by atoms with E-state index in [4.69, 9.17) is 19.9 Å². The van der Waals surface area contributed by atoms with E-state index in [9.17, 15) is 19.5 Å². The first-order valence-electron chi connectivity index (χ1n) is 17.6. The predicted molar refractivity (Wildman–Crippen MR) is 195 cm³/mol. The summed E-state index contributed by atoms with van der Waals surface area (Å²) in [6, 6.07) is 12.0. The summed E-state index contributed by atoms with van der Waals surface area (Å²) in [5.74, 6) is 0.514. The Labute approximate surface area is 294 Å². The number of carbonyl (C=O) groups is 2. The number of methoxy groups -OCH3 is 1. The van der Waals surface area contributed by atoms with Gasteiger partial charge in [0.2, 0.25) is 0 Å². The van der Waals surface area contributed by atoms with Crippen LogP contribution in [-0.2, 0) is 20.9 Å². The van der Waals surface area contributed by atoms with Gasteiger partial charge in [-0.15, -0.1) is 0 Å². The number of amides is 1. The van der Waals surface area contributed by atoms with Crippen LogP contribution in [0.4, 0.5) is 16.2 Å². The van der Waals surface area contributed by atoms with E-state index in [1.54, 1.807) is 18.6 Å². The Bertz CT molecular complexity index is 1620. The van der Waals surface area contributed by atoms with Crippen LogP contribution in [0.15, 0.2) is 47.4 Å². The van der Waals surface area contributed by atoms with Crippen LogP contribution in [0.3, 0.4) is 0 Å². The standard InChI is InChI=1S/C20H27N3O4.C17H27N3O3/c1-20(2,3)27-19(26)22-14-5-7-15(8-6-14)23-17-10-13(12-24)4-9-16(17)21-11-18(23)25;1-3-23-17(21)11-19-15-9-8-14(22-2)10-16(15)20-13-6-4-12(18)5-7-13/h4,9-11,14-15,24H,5-8,12H2,1-3H3,(H,22,26);8-10,12-13,19-20H,3-7,11,18H2,1-2H3. The van der Waals surface area contributed by atoms with E-state index in [1.807, 2.05) is 57.2 Å². The van der Waals surface area contributed by atoms with Gasteiger partial charge < -0.3 is 45.6 Å². The second kappa shape index (κ2) is 18.0. The fourth-order valence-electron chi connectivity index (χ4n) is 6.39. The molecule has 1 aromatic heterocycles. The van der Waals surface area contributed by atoms with Crippen LogP contribution in [0.5, 0.6) is 5.75 Å². The second-order valence-corrected chi connectivity index (χ2v) is 13.9. The number of ether oxygens (including phenoxy) is 3. The number of hydrogen-bond acceptors (Lipinski definition) is 11. The molecule has 13 nitrogen and oxygen atoms in total. The fraction of sp³-hybridized carbons (Fsp3) is 0.568. The van der Waals surface area contributed by atoms with E-state index in [0.29, 0.717) is 18.7 Å². The molecule has 0 spiro atoms. The summed E-state index contributed by atoms with van der Waals surface area (Å²) in [4.78, 5) is 40.2. The van der Waals surface area contributed by atoms with E-state index in [2.05, 4.69) is 20.9 Å². The number of aliphatic hydroxyl groups excluding tert-OH is 1. The van der Waals surface area contributed by atoms with Gasteiger partial charge in [-0.25, -0.2) is 9.78 Å². The van der Waals surface area contributed by atoms with E-state index in [1.165, 1.54) is 6.20 Å². The Kier molecular flexibility index (Phi) is 13.9. The maximum Gasteiger partial charge on any atom is 0.407 e. The first-order valence-corrected chi connectivity index (χ1v) is 17.6. The number of hydrogen-bond donors (Lipinski definition) is 5. The smallest absolute Gasteiger partial charge is 0.407 e. The normalized spacial score (nSPS) is 20.5. The van der Waals surface area contributed by atoms with Crippen LogP contribution >= 0.6 is 0 Å². The molecule has 6 N–H and O–H groups in total. The SMILES string of the molecule is CC(C)(C)OC(=O)NC1CCC(n2c(=O)cnc3ccc(CO)cc32)CC1.CCOC(=O)CNc1ccc(OC)cc1NC1CCC(N)CC1. The van der Waals surface area contributed by atoms with Crippen molar-refractivity contribution >= 4 is 34.5 Å². The number of aliphatic hydroxyl groups is 1. The molecule has 2 aliphatic carbocycles. The number of rotatable bonds is 10. The summed E-state index contributed by atoms with van der Waals surface area (Å²) < 4.78 is 17.4. The lowest BCUT2D eigenvalue weighted by Crippen LogP contribution is -2.41. The zero-order valence-corrected chi connectivity index (χ0v) is 30.0. The topological polar surface area (TPSA) is 179 Å². The van der Waals surface area contributed by atoms with Crippen molar-refractivity contribution in [2.45, 2.75) is 115 Å². The molecule has 0 radical (unpaired) electrons. The van der Waals surface area contributed by atoms with Gasteiger partial charge in [-0.2, -0.15) is 0 Å². The molecule has 2 saturated carbocycles. The molecule has 2 fully saturated rings. The Hall–Kier alpha value is -4.36. The minimum absolute atomic E-state index is 0.0490. The van der Waals surface area contributed by atoms with Gasteiger partial charge in [0.1, 0.15) is 17.9 Å². The van der Waals surface area contributed by atoms with Crippen LogP contribution in [0.1, 0.15) is 90.7 Å². The van der Waals surface area contributed by atoms with Gasteiger partial charge in [0, 0.05) is 30.2 Å². The Balaban J connectivity index is 0.000000228. The van der Waals surface area contributed by atoms with Crippen molar-refractivity contribution in [3.63, 3.8) is 0 Å². The van der Waals surface area contributed by atoms with Crippen LogP contribution in [-0.4, -0.2) is 70.7 Å². The third-order valence-corrected chi connectivity index (χ3v) is 8.90. The number of anilines is 2. The van der Waals surface area contributed by atoms with Gasteiger partial charge >= 0.3 is 12.1 Å². The van der Waals surface area contributed by atoms with Gasteiger partial charge in [-0.05, 0) is 109 Å². The molecule has 0 bridgehead atoms. The summed E-state index contributed by atoms with van der Waals surface area (Å²) in [5, 5.41) is 19.0. The van der Waals surface area contributed by atoms with E-state index < -0.39 is 11.7 Å². The number of alkyl carbamates (subject to hydrolysis) is 1. The molecule has 0 atom stereocenters. The Morgan fingerprint density at radius 2 is 1.68 bits per heavy atom. The highest BCUT2D eigenvalue weighted by molar-refractivity contribution is 5.79. The maximum atomic E-state index is 12.5. The number of nitrogens with zero attached hydrogens (tertiary/aromatic N) is 2. The van der Waals surface area contributed by atoms with Crippen molar-refractivity contribution in [2.24, 2.45) is 5.73 Å². The average Bonchev–Trinajstić information content (AvgIpc) is 3.08. The van der Waals surface area contributed by atoms with Crippen molar-refractivity contribution in [1.82, 2.24) is 14.9 Å². The Morgan fingerprint density at radius 1 is 0.980 bits per heavy atom. The molecule has 1 amide bonds. The lowest BCUT2D eigenvalue weighted by atomic mass is 9.90. The number of aromatic nitrogens is 2. The minimum atomic E-state index is -0.519. The van der Waals surface area contributed by atoms with Crippen molar-refractivity contribution in [3.8, 4) is 5.75 Å². The van der Waals surface area contributed by atoms with Crippen LogP contribution in [0.25, 0.3) is 11.0 Å². The molecular formula is C37H54N6O7. The molecular weight excluding hydrogens is 640 g/mol. The first kappa shape index (κ1) is 38.4. The van der Waals surface area contributed by atoms with E-state index >= 15 is 0 Å². The number of esters is 1. The zero-order valence-electron chi connectivity index (χ0n) is 30.0. The lowest BCUT2D eigenvalue weighted by molar-refractivity contribution is -0.140. The molecule has 0 unspecified atom stereocenters. The van der Waals surface area contributed by atoms with Gasteiger partial charge in [0.15, 0.2) is 0 Å². The number of carbonyl (C=O) groups excluding carboxylic acids is 2. The van der Waals surface area contributed by atoms with Gasteiger partial charge in [0.05, 0.1) is 48.9 Å². The lowest BCUT2D eigenvalue weighted by Gasteiger charge is -2.31. The molecule has 274 valence electrons. The van der Waals surface area contributed by atoms with Crippen molar-refractivity contribution in [3.05, 3.63) is 58.5 Å². The molecule has 2 aromatic carbocycles. The quantitative estimate of drug-likeness (QED) is 0.175. The first-order chi connectivity index (χ1) is 23.9. The second-order valence-electron chi connectivity index (χ2n) is 13.9. The molecule has 2 aliphatic rings. The monoisotopic (exact) mass is 694 g/mol. The predicted octanol–water partition coefficient (Wildman–Crippen LogP) is 5.25. The zero-order chi connectivity index (χ0) is 36.3. The van der Waals surface area contributed by atoms with Crippen LogP contribution < -0.4 is 32.0 Å². The van der Waals surface area contributed by atoms with Crippen molar-refractivity contribution in [2.75, 3.05) is 30.9 Å². The summed E-state index contributed by atoms with van der Waals surface area (Å²) in [5.41, 5.74) is 9.35. The largest absolute Gasteiger partial charge is 0.497 e. The molecule has 0 saturated heterocycles. The van der Waals surface area contributed by atoms with Gasteiger partial charge in [-0.1, -0.05) is 6.07 Å². The van der Waals surface area contributed by atoms with Crippen molar-refractivity contribution < 1.29 is 28.9 Å².